The standard InChI is InChI=1S/C23H22F3NO5S/c1-14-20(33-22(27-14)16-3-5-17(6-4-16)23(24,25)26)13-32-19-10-15(11-21(28)29)9-18(12-19)31-8-7-30-2/h3-6,9-10,12H,7-8,11,13H2,1-2H3,(H,28,29). The molecular weight excluding hydrogens is 459 g/mol. The maximum Gasteiger partial charge on any atom is 0.416 e. The molecule has 1 heterocycles. The molecule has 0 bridgehead atoms. The van der Waals surface area contributed by atoms with Gasteiger partial charge in [-0.15, -0.1) is 11.3 Å². The Morgan fingerprint density at radius 1 is 1.06 bits per heavy atom. The lowest BCUT2D eigenvalue weighted by Crippen LogP contribution is -2.06. The van der Waals surface area contributed by atoms with Crippen LogP contribution in [0, 0.1) is 6.92 Å². The zero-order valence-corrected chi connectivity index (χ0v) is 18.8. The highest BCUT2D eigenvalue weighted by Crippen LogP contribution is 2.33. The van der Waals surface area contributed by atoms with Gasteiger partial charge in [0.1, 0.15) is 29.7 Å². The number of nitrogens with zero attached hydrogens (tertiary/aromatic N) is 1. The van der Waals surface area contributed by atoms with Gasteiger partial charge in [0.05, 0.1) is 29.2 Å². The van der Waals surface area contributed by atoms with Crippen molar-refractivity contribution in [2.45, 2.75) is 26.1 Å². The third-order valence-electron chi connectivity index (χ3n) is 4.57. The fourth-order valence-electron chi connectivity index (χ4n) is 2.95. The number of rotatable bonds is 10. The molecule has 0 aliphatic heterocycles. The zero-order valence-electron chi connectivity index (χ0n) is 17.9. The molecule has 0 fully saturated rings. The summed E-state index contributed by atoms with van der Waals surface area (Å²) in [5.41, 5.74) is 1.10. The van der Waals surface area contributed by atoms with Crippen LogP contribution >= 0.6 is 11.3 Å². The lowest BCUT2D eigenvalue weighted by molar-refractivity contribution is -0.138. The number of thiazole rings is 1. The lowest BCUT2D eigenvalue weighted by atomic mass is 10.1. The van der Waals surface area contributed by atoms with E-state index in [9.17, 15) is 18.0 Å². The van der Waals surface area contributed by atoms with Gasteiger partial charge in [-0.25, -0.2) is 4.98 Å². The van der Waals surface area contributed by atoms with Gasteiger partial charge in [-0.05, 0) is 36.8 Å². The molecule has 2 aromatic carbocycles. The van der Waals surface area contributed by atoms with Crippen LogP contribution in [0.15, 0.2) is 42.5 Å². The van der Waals surface area contributed by atoms with Gasteiger partial charge in [0.15, 0.2) is 0 Å². The zero-order chi connectivity index (χ0) is 24.0. The van der Waals surface area contributed by atoms with Crippen LogP contribution < -0.4 is 9.47 Å². The first-order valence-electron chi connectivity index (χ1n) is 9.90. The van der Waals surface area contributed by atoms with Crippen LogP contribution in [0.4, 0.5) is 13.2 Å². The Balaban J connectivity index is 1.74. The van der Waals surface area contributed by atoms with Crippen molar-refractivity contribution < 1.29 is 37.3 Å². The first-order chi connectivity index (χ1) is 15.7. The summed E-state index contributed by atoms with van der Waals surface area (Å²) in [4.78, 5) is 16.4. The van der Waals surface area contributed by atoms with Crippen LogP contribution in [0.5, 0.6) is 11.5 Å². The number of carboxylic acids is 1. The topological polar surface area (TPSA) is 77.9 Å². The number of carbonyl (C=O) groups is 1. The number of carboxylic acid groups (broad SMARTS) is 1. The number of aromatic nitrogens is 1. The van der Waals surface area contributed by atoms with Crippen LogP contribution in [0.2, 0.25) is 0 Å². The van der Waals surface area contributed by atoms with Gasteiger partial charge >= 0.3 is 12.1 Å². The summed E-state index contributed by atoms with van der Waals surface area (Å²) in [6.45, 7) is 2.64. The number of hydrogen-bond donors (Lipinski definition) is 1. The molecule has 0 aliphatic carbocycles. The van der Waals surface area contributed by atoms with E-state index in [1.165, 1.54) is 23.5 Å². The number of benzene rings is 2. The molecule has 6 nitrogen and oxygen atoms in total. The minimum absolute atomic E-state index is 0.165. The second-order valence-corrected chi connectivity index (χ2v) is 8.20. The molecule has 10 heteroatoms. The lowest BCUT2D eigenvalue weighted by Gasteiger charge is -2.11. The van der Waals surface area contributed by atoms with Crippen LogP contribution in [0.25, 0.3) is 10.6 Å². The average Bonchev–Trinajstić information content (AvgIpc) is 3.12. The monoisotopic (exact) mass is 481 g/mol. The number of methoxy groups -OCH3 is 1. The predicted octanol–water partition coefficient (Wildman–Crippen LogP) is 5.37. The van der Waals surface area contributed by atoms with Gasteiger partial charge in [-0.2, -0.15) is 13.2 Å². The van der Waals surface area contributed by atoms with E-state index in [0.717, 1.165) is 17.0 Å². The summed E-state index contributed by atoms with van der Waals surface area (Å²) in [5.74, 6) is -0.0770. The molecule has 33 heavy (non-hydrogen) atoms. The molecule has 3 rings (SSSR count). The molecule has 0 saturated heterocycles. The van der Waals surface area contributed by atoms with E-state index >= 15 is 0 Å². The number of hydrogen-bond acceptors (Lipinski definition) is 6. The molecule has 0 atom stereocenters. The van der Waals surface area contributed by atoms with Crippen LogP contribution in [-0.2, 0) is 28.7 Å². The summed E-state index contributed by atoms with van der Waals surface area (Å²) >= 11 is 1.32. The summed E-state index contributed by atoms with van der Waals surface area (Å²) in [6.07, 6.45) is -4.58. The summed E-state index contributed by atoms with van der Waals surface area (Å²) in [6, 6.07) is 9.77. The van der Waals surface area contributed by atoms with Crippen molar-refractivity contribution in [3.05, 3.63) is 64.2 Å². The van der Waals surface area contributed by atoms with Gasteiger partial charge in [0, 0.05) is 18.7 Å². The highest BCUT2D eigenvalue weighted by molar-refractivity contribution is 7.15. The van der Waals surface area contributed by atoms with E-state index in [4.69, 9.17) is 19.3 Å². The maximum absolute atomic E-state index is 12.8. The number of alkyl halides is 3. The van der Waals surface area contributed by atoms with Crippen molar-refractivity contribution in [1.82, 2.24) is 4.98 Å². The average molecular weight is 481 g/mol. The molecule has 1 aromatic heterocycles. The van der Waals surface area contributed by atoms with E-state index in [0.29, 0.717) is 46.5 Å². The second kappa shape index (κ2) is 10.7. The Morgan fingerprint density at radius 3 is 2.33 bits per heavy atom. The molecule has 1 N–H and O–H groups in total. The highest BCUT2D eigenvalue weighted by Gasteiger charge is 2.30. The van der Waals surface area contributed by atoms with E-state index in [1.54, 1.807) is 32.2 Å². The summed E-state index contributed by atoms with van der Waals surface area (Å²) in [5, 5.41) is 9.70. The van der Waals surface area contributed by atoms with Crippen molar-refractivity contribution in [2.75, 3.05) is 20.3 Å². The summed E-state index contributed by atoms with van der Waals surface area (Å²) in [7, 11) is 1.55. The van der Waals surface area contributed by atoms with Gasteiger partial charge in [0.25, 0.3) is 0 Å². The SMILES string of the molecule is COCCOc1cc(CC(=O)O)cc(OCc2sc(-c3ccc(C(F)(F)F)cc3)nc2C)c1. The smallest absolute Gasteiger partial charge is 0.416 e. The quantitative estimate of drug-likeness (QED) is 0.393. The molecule has 0 saturated carbocycles. The van der Waals surface area contributed by atoms with Gasteiger partial charge in [-0.1, -0.05) is 12.1 Å². The van der Waals surface area contributed by atoms with Crippen LogP contribution in [0.3, 0.4) is 0 Å². The van der Waals surface area contributed by atoms with Crippen LogP contribution in [0.1, 0.15) is 21.7 Å². The Kier molecular flexibility index (Phi) is 7.93. The Hall–Kier alpha value is -3.11. The van der Waals surface area contributed by atoms with E-state index in [-0.39, 0.29) is 13.0 Å². The van der Waals surface area contributed by atoms with Crippen molar-refractivity contribution in [1.29, 1.82) is 0 Å². The second-order valence-electron chi connectivity index (χ2n) is 7.12. The fraction of sp³-hybridized carbons (Fsp3) is 0.304. The molecule has 0 unspecified atom stereocenters. The molecule has 0 amide bonds. The highest BCUT2D eigenvalue weighted by atomic mass is 32.1. The number of aryl methyl sites for hydroxylation is 1. The number of ether oxygens (including phenoxy) is 3. The Morgan fingerprint density at radius 2 is 1.73 bits per heavy atom. The third kappa shape index (κ3) is 6.93. The maximum atomic E-state index is 12.8. The first kappa shape index (κ1) is 24.5. The van der Waals surface area contributed by atoms with Crippen molar-refractivity contribution >= 4 is 17.3 Å². The minimum atomic E-state index is -4.39. The molecule has 0 radical (unpaired) electrons. The van der Waals surface area contributed by atoms with E-state index in [2.05, 4.69) is 4.98 Å². The van der Waals surface area contributed by atoms with Crippen LogP contribution in [-0.4, -0.2) is 36.4 Å². The van der Waals surface area contributed by atoms with E-state index in [1.807, 2.05) is 0 Å². The number of aliphatic carboxylic acids is 1. The Labute approximate surface area is 192 Å². The minimum Gasteiger partial charge on any atom is -0.491 e. The van der Waals surface area contributed by atoms with Crippen molar-refractivity contribution in [3.8, 4) is 22.1 Å². The van der Waals surface area contributed by atoms with Crippen molar-refractivity contribution in [2.24, 2.45) is 0 Å². The largest absolute Gasteiger partial charge is 0.491 e. The number of halogens is 3. The van der Waals surface area contributed by atoms with E-state index < -0.39 is 17.7 Å². The van der Waals surface area contributed by atoms with Gasteiger partial charge < -0.3 is 19.3 Å². The fourth-order valence-corrected chi connectivity index (χ4v) is 3.93. The van der Waals surface area contributed by atoms with Crippen molar-refractivity contribution in [3.63, 3.8) is 0 Å². The molecule has 3 aromatic rings. The summed E-state index contributed by atoms with van der Waals surface area (Å²) < 4.78 is 54.8. The normalized spacial score (nSPS) is 11.4. The molecular formula is C23H22F3NO5S. The predicted molar refractivity (Wildman–Crippen MR) is 117 cm³/mol. The third-order valence-corrected chi connectivity index (χ3v) is 5.75. The molecule has 0 spiro atoms. The van der Waals surface area contributed by atoms with Gasteiger partial charge in [-0.3, -0.25) is 4.79 Å². The Bertz CT molecular complexity index is 1100. The van der Waals surface area contributed by atoms with Gasteiger partial charge in [0.2, 0.25) is 0 Å². The molecule has 0 aliphatic rings. The first-order valence-corrected chi connectivity index (χ1v) is 10.7. The molecule has 176 valence electrons.